The summed E-state index contributed by atoms with van der Waals surface area (Å²) in [6, 6.07) is -3.43. The molecule has 2 atom stereocenters. The Bertz CT molecular complexity index is 682. The van der Waals surface area contributed by atoms with Gasteiger partial charge in [0, 0.05) is 16.9 Å². The van der Waals surface area contributed by atoms with Crippen molar-refractivity contribution in [1.29, 1.82) is 0 Å². The van der Waals surface area contributed by atoms with E-state index in [1.54, 1.807) is 0 Å². The third-order valence-corrected chi connectivity index (χ3v) is 2.74. The summed E-state index contributed by atoms with van der Waals surface area (Å²) in [5, 5.41) is 35.7. The minimum Gasteiger partial charge on any atom is -0.759 e. The van der Waals surface area contributed by atoms with Crippen LogP contribution in [0.5, 0.6) is 0 Å². The van der Waals surface area contributed by atoms with Gasteiger partial charge < -0.3 is 29.5 Å². The fourth-order valence-corrected chi connectivity index (χ4v) is 1.95. The summed E-state index contributed by atoms with van der Waals surface area (Å²) in [7, 11) is -5.17. The van der Waals surface area contributed by atoms with E-state index in [-0.39, 0.29) is 36.1 Å². The number of carbonyl (C=O) groups is 4. The van der Waals surface area contributed by atoms with Crippen LogP contribution in [-0.4, -0.2) is 121 Å². The molecule has 0 fully saturated rings. The molecular weight excluding hydrogens is 396 g/mol. The molecule has 14 nitrogen and oxygen atoms in total. The van der Waals surface area contributed by atoms with Gasteiger partial charge in [-0.2, -0.15) is 0 Å². The Kier molecular flexibility index (Phi) is 11.1. The number of aliphatic carboxylic acids is 4. The second kappa shape index (κ2) is 11.0. The van der Waals surface area contributed by atoms with Gasteiger partial charge in [0.15, 0.2) is 6.04 Å². The van der Waals surface area contributed by atoms with Gasteiger partial charge in [0.1, 0.15) is 11.8 Å². The Morgan fingerprint density at radius 2 is 1.62 bits per heavy atom. The predicted octanol–water partition coefficient (Wildman–Crippen LogP) is -3.51. The number of carboxylic acids is 4. The van der Waals surface area contributed by atoms with Gasteiger partial charge in [-0.25, -0.2) is 4.79 Å². The average molecular weight is 409 g/mol. The van der Waals surface area contributed by atoms with E-state index in [9.17, 15) is 19.2 Å². The zero-order valence-corrected chi connectivity index (χ0v) is 15.1. The second-order valence-electron chi connectivity index (χ2n) is 4.41. The van der Waals surface area contributed by atoms with Crippen LogP contribution in [0.15, 0.2) is 4.99 Å². The van der Waals surface area contributed by atoms with Crippen molar-refractivity contribution in [3.63, 3.8) is 0 Å². The van der Waals surface area contributed by atoms with E-state index in [4.69, 9.17) is 37.9 Å². The zero-order chi connectivity index (χ0) is 19.9. The monoisotopic (exact) mass is 408 g/mol. The van der Waals surface area contributed by atoms with Crippen LogP contribution in [0.1, 0.15) is 6.42 Å². The predicted molar refractivity (Wildman–Crippen MR) is 78.0 cm³/mol. The Morgan fingerprint density at radius 1 is 1.15 bits per heavy atom. The van der Waals surface area contributed by atoms with Crippen LogP contribution in [-0.2, 0) is 29.6 Å². The van der Waals surface area contributed by atoms with Crippen LogP contribution in [0.4, 0.5) is 0 Å². The third kappa shape index (κ3) is 9.58. The van der Waals surface area contributed by atoms with E-state index in [1.807, 2.05) is 0 Å². The number of hydrogen-bond acceptors (Lipinski definition) is 10. The Balaban J connectivity index is 0. The molecule has 0 saturated heterocycles. The van der Waals surface area contributed by atoms with E-state index in [1.165, 1.54) is 0 Å². The molecule has 1 heterocycles. The first-order chi connectivity index (χ1) is 11.3. The zero-order valence-electron chi connectivity index (χ0n) is 12.8. The van der Waals surface area contributed by atoms with Crippen molar-refractivity contribution in [2.24, 2.45) is 4.99 Å². The first-order valence-electron chi connectivity index (χ1n) is 6.13. The molecule has 4 N–H and O–H groups in total. The molecule has 2 unspecified atom stereocenters. The van der Waals surface area contributed by atoms with Gasteiger partial charge >= 0.3 is 46.9 Å². The number of aliphatic imine (C=N–C) groups is 1. The fourth-order valence-electron chi connectivity index (χ4n) is 1.95. The van der Waals surface area contributed by atoms with Crippen LogP contribution >= 0.6 is 0 Å². The van der Waals surface area contributed by atoms with Crippen LogP contribution in [0.25, 0.3) is 0 Å². The van der Waals surface area contributed by atoms with Gasteiger partial charge in [-0.1, -0.05) is 0 Å². The molecule has 0 saturated carbocycles. The molecule has 0 aromatic carbocycles. The number of nitrogens with zero attached hydrogens (tertiary/aromatic N) is 2. The number of rotatable bonds is 6. The molecule has 0 amide bonds. The molecule has 0 aromatic rings. The van der Waals surface area contributed by atoms with Gasteiger partial charge in [-0.05, 0) is 0 Å². The van der Waals surface area contributed by atoms with E-state index >= 15 is 0 Å². The fraction of sp³-hybridized carbons (Fsp3) is 0.500. The summed E-state index contributed by atoms with van der Waals surface area (Å²) in [5.74, 6) is -6.14. The van der Waals surface area contributed by atoms with Crippen molar-refractivity contribution in [3.05, 3.63) is 0 Å². The third-order valence-electron chi connectivity index (χ3n) is 2.74. The normalized spacial score (nSPS) is 18.2. The maximum Gasteiger partial charge on any atom is 2.00 e. The molecular formula is C10H12MgN2O12S. The molecule has 1 aliphatic heterocycles. The van der Waals surface area contributed by atoms with E-state index in [0.717, 1.165) is 4.90 Å². The van der Waals surface area contributed by atoms with Gasteiger partial charge in [0.2, 0.25) is 0 Å². The maximum absolute atomic E-state index is 11.2. The first-order valence-corrected chi connectivity index (χ1v) is 7.46. The van der Waals surface area contributed by atoms with Crippen LogP contribution < -0.4 is 0 Å². The van der Waals surface area contributed by atoms with Gasteiger partial charge in [0.05, 0.1) is 13.0 Å². The van der Waals surface area contributed by atoms with Crippen molar-refractivity contribution >= 4 is 63.0 Å². The molecule has 16 heteroatoms. The van der Waals surface area contributed by atoms with Crippen LogP contribution in [0, 0.1) is 0 Å². The molecule has 0 aliphatic carbocycles. The van der Waals surface area contributed by atoms with Crippen molar-refractivity contribution in [3.8, 4) is 0 Å². The standard InChI is InChI=1S/C10H12N2O8.Mg.H2O4S/c13-5(14)3-4(8(15)16)12-2-1-11-6(9(17)18)7(12)10(19)20;;1-5(2,3)4/h4,7H,1-3H2,(H,13,14)(H,15,16)(H,17,18)(H,19,20);;(H2,1,2,3,4)/q;+2;/p-2. The summed E-state index contributed by atoms with van der Waals surface area (Å²) in [4.78, 5) is 48.2. The second-order valence-corrected chi connectivity index (χ2v) is 5.23. The SMILES string of the molecule is O=C(O)CC(C(=O)O)N1CCN=C(C(=O)O)C1C(=O)O.O=S(=O)([O-])[O-].[Mg+2]. The number of hydrogen-bond donors (Lipinski definition) is 4. The van der Waals surface area contributed by atoms with Crippen LogP contribution in [0.3, 0.4) is 0 Å². The van der Waals surface area contributed by atoms with Gasteiger partial charge in [-0.15, -0.1) is 0 Å². The molecule has 1 aliphatic rings. The van der Waals surface area contributed by atoms with Gasteiger partial charge in [0.25, 0.3) is 0 Å². The molecule has 0 bridgehead atoms. The summed E-state index contributed by atoms with van der Waals surface area (Å²) >= 11 is 0. The van der Waals surface area contributed by atoms with Crippen molar-refractivity contribution in [2.75, 3.05) is 13.1 Å². The summed E-state index contributed by atoms with van der Waals surface area (Å²) in [5.41, 5.74) is -0.708. The minimum absolute atomic E-state index is 0. The molecule has 0 spiro atoms. The average Bonchev–Trinajstić information content (AvgIpc) is 2.41. The van der Waals surface area contributed by atoms with E-state index in [2.05, 4.69) is 4.99 Å². The van der Waals surface area contributed by atoms with E-state index < -0.39 is 58.5 Å². The van der Waals surface area contributed by atoms with Gasteiger partial charge in [-0.3, -0.25) is 32.7 Å². The first kappa shape index (κ1) is 26.4. The molecule has 0 radical (unpaired) electrons. The Morgan fingerprint density at radius 3 is 1.92 bits per heavy atom. The van der Waals surface area contributed by atoms with E-state index in [0.29, 0.717) is 0 Å². The minimum atomic E-state index is -5.17. The molecule has 1 rings (SSSR count). The smallest absolute Gasteiger partial charge is 0.759 e. The van der Waals surface area contributed by atoms with Crippen molar-refractivity contribution in [1.82, 2.24) is 4.90 Å². The van der Waals surface area contributed by atoms with Crippen LogP contribution in [0.2, 0.25) is 0 Å². The summed E-state index contributed by atoms with van der Waals surface area (Å²) in [6.45, 7) is -0.271. The maximum atomic E-state index is 11.2. The molecule has 26 heavy (non-hydrogen) atoms. The van der Waals surface area contributed by atoms with Crippen molar-refractivity contribution < 1.29 is 57.1 Å². The van der Waals surface area contributed by atoms with Crippen molar-refractivity contribution in [2.45, 2.75) is 18.5 Å². The molecule has 0 aromatic heterocycles. The molecule has 142 valence electrons. The quantitative estimate of drug-likeness (QED) is 0.189. The Hall–Kier alpha value is -1.85. The summed E-state index contributed by atoms with van der Waals surface area (Å²) < 4.78 is 34.1. The largest absolute Gasteiger partial charge is 2.00 e. The number of carboxylic acid groups (broad SMARTS) is 4. The topological polar surface area (TPSA) is 245 Å². The summed E-state index contributed by atoms with van der Waals surface area (Å²) in [6.07, 6.45) is -0.841. The Labute approximate surface area is 161 Å².